The summed E-state index contributed by atoms with van der Waals surface area (Å²) >= 11 is 0. The first-order chi connectivity index (χ1) is 26.5. The van der Waals surface area contributed by atoms with E-state index in [0.29, 0.717) is 30.6 Å². The fraction of sp³-hybridized carbons (Fsp3) is 0.0816. The fourth-order valence-corrected chi connectivity index (χ4v) is 5.99. The molecule has 0 atom stereocenters. The van der Waals surface area contributed by atoms with Crippen molar-refractivity contribution in [3.8, 4) is 11.1 Å². The van der Waals surface area contributed by atoms with Crippen LogP contribution in [0.1, 0.15) is 51.4 Å². The van der Waals surface area contributed by atoms with E-state index in [1.807, 2.05) is 85.8 Å². The second-order valence-corrected chi connectivity index (χ2v) is 12.7. The number of hydrogen-bond acceptors (Lipinski definition) is 2. The van der Waals surface area contributed by atoms with Crippen LogP contribution in [-0.2, 0) is 13.1 Å². The summed E-state index contributed by atoms with van der Waals surface area (Å²) in [6.45, 7) is 12.6. The zero-order valence-electron chi connectivity index (χ0n) is 30.8. The van der Waals surface area contributed by atoms with Gasteiger partial charge in [-0.15, -0.1) is 0 Å². The van der Waals surface area contributed by atoms with E-state index in [9.17, 15) is 0 Å². The lowest BCUT2D eigenvalue weighted by Gasteiger charge is -2.11. The molecule has 54 heavy (non-hydrogen) atoms. The number of nitrogens with zero attached hydrogens (tertiary/aromatic N) is 5. The highest BCUT2D eigenvalue weighted by Crippen LogP contribution is 2.25. The average Bonchev–Trinajstić information content (AvgIpc) is 3.23. The molecular formula is C49H43N5. The van der Waals surface area contributed by atoms with Gasteiger partial charge in [-0.3, -0.25) is 9.98 Å². The van der Waals surface area contributed by atoms with Crippen LogP contribution in [0.25, 0.3) is 17.2 Å². The minimum absolute atomic E-state index is 0.378. The fourth-order valence-electron chi connectivity index (χ4n) is 5.99. The van der Waals surface area contributed by atoms with Crippen molar-refractivity contribution in [1.82, 2.24) is 0 Å². The maximum atomic E-state index is 5.16. The lowest BCUT2D eigenvalue weighted by Crippen LogP contribution is -2.07. The van der Waals surface area contributed by atoms with Gasteiger partial charge in [0.25, 0.3) is 0 Å². The first-order valence-corrected chi connectivity index (χ1v) is 18.0. The lowest BCUT2D eigenvalue weighted by molar-refractivity contribution is 1.05. The highest BCUT2D eigenvalue weighted by molar-refractivity contribution is 6.13. The zero-order chi connectivity index (χ0) is 37.5. The van der Waals surface area contributed by atoms with Crippen molar-refractivity contribution in [2.75, 3.05) is 0 Å². The van der Waals surface area contributed by atoms with Crippen molar-refractivity contribution < 1.29 is 0 Å². The van der Waals surface area contributed by atoms with Crippen molar-refractivity contribution >= 4 is 36.0 Å². The quantitative estimate of drug-likeness (QED) is 0.0733. The molecule has 0 bridgehead atoms. The predicted molar refractivity (Wildman–Crippen MR) is 230 cm³/mol. The Hall–Kier alpha value is -6.85. The number of allylic oxidation sites excluding steroid dienone is 2. The van der Waals surface area contributed by atoms with E-state index in [0.717, 1.165) is 61.3 Å². The number of amidine groups is 3. The molecule has 5 heteroatoms. The molecule has 0 amide bonds. The number of hydrogen-bond donors (Lipinski definition) is 0. The van der Waals surface area contributed by atoms with Crippen molar-refractivity contribution in [3.63, 3.8) is 0 Å². The summed E-state index contributed by atoms with van der Waals surface area (Å²) in [4.78, 5) is 24.6. The summed E-state index contributed by atoms with van der Waals surface area (Å²) in [6.07, 6.45) is 5.74. The number of aryl methyl sites for hydroxylation is 1. The Labute approximate surface area is 319 Å². The molecule has 5 nitrogen and oxygen atoms in total. The van der Waals surface area contributed by atoms with Crippen LogP contribution in [0.4, 0.5) is 0 Å². The van der Waals surface area contributed by atoms with Gasteiger partial charge in [0.1, 0.15) is 0 Å². The second kappa shape index (κ2) is 18.6. The second-order valence-electron chi connectivity index (χ2n) is 12.7. The maximum absolute atomic E-state index is 5.16. The molecule has 0 radical (unpaired) electrons. The largest absolute Gasteiger partial charge is 0.261 e. The normalized spacial score (nSPS) is 12.6. The highest BCUT2D eigenvalue weighted by Gasteiger charge is 2.11. The molecule has 0 N–H and O–H groups in total. The monoisotopic (exact) mass is 701 g/mol. The van der Waals surface area contributed by atoms with Gasteiger partial charge in [0.05, 0.1) is 13.1 Å². The third-order valence-corrected chi connectivity index (χ3v) is 8.91. The van der Waals surface area contributed by atoms with Crippen LogP contribution in [0.3, 0.4) is 0 Å². The van der Waals surface area contributed by atoms with Crippen molar-refractivity contribution in [1.29, 1.82) is 0 Å². The van der Waals surface area contributed by atoms with Gasteiger partial charge in [0.2, 0.25) is 0 Å². The van der Waals surface area contributed by atoms with E-state index < -0.39 is 0 Å². The molecule has 6 aromatic rings. The standard InChI is InChI=1S/C49H43N5/c1-5-6-20-42-33-44(31-30-36(42)2)49(54-47(50-4)41-25-14-9-15-26-41)51-34-38-19-18-28-43(32-38)48(53-37(3)39-21-10-7-11-22-39)52-35-45-27-16-17-29-46(45)40-23-12-8-13-24-40/h5-33H,1,4,34-35H2,2-3H3/b20-6-,51-49-,52-48-,53-37+,54-47-. The van der Waals surface area contributed by atoms with E-state index in [1.54, 1.807) is 6.08 Å². The number of rotatable bonds is 11. The van der Waals surface area contributed by atoms with Gasteiger partial charge in [0.15, 0.2) is 17.5 Å². The Morgan fingerprint density at radius 1 is 0.574 bits per heavy atom. The molecule has 0 fully saturated rings. The van der Waals surface area contributed by atoms with Crippen LogP contribution in [-0.4, -0.2) is 29.9 Å². The molecule has 0 saturated heterocycles. The molecule has 0 aliphatic rings. The van der Waals surface area contributed by atoms with Gasteiger partial charge in [-0.25, -0.2) is 15.0 Å². The van der Waals surface area contributed by atoms with Crippen LogP contribution < -0.4 is 0 Å². The molecule has 6 aromatic carbocycles. The Kier molecular flexibility index (Phi) is 12.7. The van der Waals surface area contributed by atoms with Gasteiger partial charge in [-0.2, -0.15) is 0 Å². The van der Waals surface area contributed by atoms with Gasteiger partial charge in [0, 0.05) is 22.4 Å². The summed E-state index contributed by atoms with van der Waals surface area (Å²) < 4.78 is 0. The summed E-state index contributed by atoms with van der Waals surface area (Å²) in [5.41, 5.74) is 11.2. The highest BCUT2D eigenvalue weighted by atomic mass is 15.0. The summed E-state index contributed by atoms with van der Waals surface area (Å²) in [5, 5.41) is 0. The van der Waals surface area contributed by atoms with Crippen LogP contribution in [0.15, 0.2) is 201 Å². The SMILES string of the molecule is C=C/C=C\c1cc(C(/N=C(\N=C)c2ccccc2)=N/Cc2cccc(C(=N/Cc3ccccc3-c3ccccc3)/N=C(\C)c3ccccc3)c2)ccc1C. The average molecular weight is 702 g/mol. The van der Waals surface area contributed by atoms with Crippen LogP contribution >= 0.6 is 0 Å². The number of benzene rings is 6. The summed E-state index contributed by atoms with van der Waals surface area (Å²) in [7, 11) is 0. The Bertz CT molecular complexity index is 2370. The van der Waals surface area contributed by atoms with Crippen LogP contribution in [0.2, 0.25) is 0 Å². The van der Waals surface area contributed by atoms with Crippen LogP contribution in [0.5, 0.6) is 0 Å². The van der Waals surface area contributed by atoms with E-state index in [-0.39, 0.29) is 0 Å². The minimum atomic E-state index is 0.378. The van der Waals surface area contributed by atoms with Gasteiger partial charge in [-0.05, 0) is 71.6 Å². The van der Waals surface area contributed by atoms with Gasteiger partial charge >= 0.3 is 0 Å². The summed E-state index contributed by atoms with van der Waals surface area (Å²) in [6, 6.07) is 53.4. The minimum Gasteiger partial charge on any atom is -0.261 e. The van der Waals surface area contributed by atoms with Crippen LogP contribution in [0, 0.1) is 6.92 Å². The molecule has 0 aromatic heterocycles. The zero-order valence-corrected chi connectivity index (χ0v) is 30.8. The number of aliphatic imine (C=N–C) groups is 5. The van der Waals surface area contributed by atoms with E-state index in [4.69, 9.17) is 20.0 Å². The molecule has 0 aliphatic heterocycles. The summed E-state index contributed by atoms with van der Waals surface area (Å²) in [5.74, 6) is 1.72. The van der Waals surface area contributed by atoms with Crippen molar-refractivity contribution in [2.24, 2.45) is 25.0 Å². The Morgan fingerprint density at radius 2 is 1.19 bits per heavy atom. The molecule has 0 unspecified atom stereocenters. The van der Waals surface area contributed by atoms with Gasteiger partial charge in [-0.1, -0.05) is 170 Å². The predicted octanol–water partition coefficient (Wildman–Crippen LogP) is 11.4. The Balaban J connectivity index is 1.40. The topological polar surface area (TPSA) is 61.8 Å². The van der Waals surface area contributed by atoms with E-state index >= 15 is 0 Å². The molecular weight excluding hydrogens is 659 g/mol. The smallest absolute Gasteiger partial charge is 0.161 e. The van der Waals surface area contributed by atoms with Crippen molar-refractivity contribution in [2.45, 2.75) is 26.9 Å². The van der Waals surface area contributed by atoms with E-state index in [1.165, 1.54) is 0 Å². The molecule has 6 rings (SSSR count). The molecule has 264 valence electrons. The molecule has 0 saturated carbocycles. The maximum Gasteiger partial charge on any atom is 0.161 e. The molecule has 0 spiro atoms. The lowest BCUT2D eigenvalue weighted by atomic mass is 10.00. The van der Waals surface area contributed by atoms with Crippen molar-refractivity contribution in [3.05, 3.63) is 221 Å². The first-order valence-electron chi connectivity index (χ1n) is 18.0. The van der Waals surface area contributed by atoms with E-state index in [2.05, 4.69) is 116 Å². The first kappa shape index (κ1) is 36.9. The molecule has 0 heterocycles. The van der Waals surface area contributed by atoms with Gasteiger partial charge < -0.3 is 0 Å². The third-order valence-electron chi connectivity index (χ3n) is 8.91. The molecule has 0 aliphatic carbocycles. The Morgan fingerprint density at radius 3 is 1.91 bits per heavy atom. The third kappa shape index (κ3) is 9.72.